The lowest BCUT2D eigenvalue weighted by Crippen LogP contribution is -2.25. The fraction of sp³-hybridized carbons (Fsp3) is 1.00. The SMILES string of the molecule is C[C@@H](N)[C@@H](C)CCN. The van der Waals surface area contributed by atoms with Crippen molar-refractivity contribution < 1.29 is 0 Å². The molecule has 2 heteroatoms. The van der Waals surface area contributed by atoms with E-state index in [1.165, 1.54) is 0 Å². The van der Waals surface area contributed by atoms with Crippen LogP contribution in [0.4, 0.5) is 0 Å². The van der Waals surface area contributed by atoms with Gasteiger partial charge in [0.2, 0.25) is 0 Å². The summed E-state index contributed by atoms with van der Waals surface area (Å²) in [5.74, 6) is 0.569. The zero-order chi connectivity index (χ0) is 6.57. The second-order valence-corrected chi connectivity index (χ2v) is 2.41. The lowest BCUT2D eigenvalue weighted by molar-refractivity contribution is 0.457. The van der Waals surface area contributed by atoms with Gasteiger partial charge in [0.1, 0.15) is 0 Å². The molecule has 0 saturated carbocycles. The summed E-state index contributed by atoms with van der Waals surface area (Å²) in [4.78, 5) is 0. The zero-order valence-electron chi connectivity index (χ0n) is 5.72. The summed E-state index contributed by atoms with van der Waals surface area (Å²) in [7, 11) is 0. The molecular weight excluding hydrogens is 100 g/mol. The summed E-state index contributed by atoms with van der Waals surface area (Å²) >= 11 is 0. The Morgan fingerprint density at radius 1 is 1.38 bits per heavy atom. The van der Waals surface area contributed by atoms with Crippen LogP contribution in [-0.2, 0) is 0 Å². The van der Waals surface area contributed by atoms with E-state index in [4.69, 9.17) is 11.5 Å². The lowest BCUT2D eigenvalue weighted by Gasteiger charge is -2.12. The van der Waals surface area contributed by atoms with Gasteiger partial charge in [-0.25, -0.2) is 0 Å². The van der Waals surface area contributed by atoms with E-state index in [-0.39, 0.29) is 0 Å². The van der Waals surface area contributed by atoms with Crippen LogP contribution in [0.1, 0.15) is 20.3 Å². The molecule has 2 nitrogen and oxygen atoms in total. The average molecular weight is 116 g/mol. The second-order valence-electron chi connectivity index (χ2n) is 2.41. The molecular formula is C6H16N2. The largest absolute Gasteiger partial charge is 0.330 e. The molecule has 0 heterocycles. The van der Waals surface area contributed by atoms with E-state index in [9.17, 15) is 0 Å². The van der Waals surface area contributed by atoms with Crippen LogP contribution in [0.25, 0.3) is 0 Å². The first-order valence-corrected chi connectivity index (χ1v) is 3.14. The Bertz CT molecular complexity index is 52.5. The number of rotatable bonds is 3. The monoisotopic (exact) mass is 116 g/mol. The van der Waals surface area contributed by atoms with E-state index >= 15 is 0 Å². The molecule has 50 valence electrons. The third-order valence-corrected chi connectivity index (χ3v) is 1.52. The Morgan fingerprint density at radius 3 is 2.00 bits per heavy atom. The molecule has 0 rings (SSSR count). The summed E-state index contributed by atoms with van der Waals surface area (Å²) in [5.41, 5.74) is 10.9. The van der Waals surface area contributed by atoms with Crippen molar-refractivity contribution in [2.24, 2.45) is 17.4 Å². The summed E-state index contributed by atoms with van der Waals surface area (Å²) in [6.07, 6.45) is 1.04. The van der Waals surface area contributed by atoms with Gasteiger partial charge in [-0.2, -0.15) is 0 Å². The predicted molar refractivity (Wildman–Crippen MR) is 36.5 cm³/mol. The van der Waals surface area contributed by atoms with Crippen LogP contribution in [0.3, 0.4) is 0 Å². The van der Waals surface area contributed by atoms with Gasteiger partial charge in [0.05, 0.1) is 0 Å². The summed E-state index contributed by atoms with van der Waals surface area (Å²) in [6.45, 7) is 4.89. The van der Waals surface area contributed by atoms with Crippen LogP contribution in [-0.4, -0.2) is 12.6 Å². The normalized spacial score (nSPS) is 18.0. The summed E-state index contributed by atoms with van der Waals surface area (Å²) < 4.78 is 0. The summed E-state index contributed by atoms with van der Waals surface area (Å²) in [5, 5.41) is 0. The number of hydrogen-bond acceptors (Lipinski definition) is 2. The highest BCUT2D eigenvalue weighted by molar-refractivity contribution is 4.62. The maximum atomic E-state index is 5.57. The van der Waals surface area contributed by atoms with E-state index in [1.54, 1.807) is 0 Å². The number of hydrogen-bond donors (Lipinski definition) is 2. The maximum absolute atomic E-state index is 5.57. The molecule has 0 radical (unpaired) electrons. The van der Waals surface area contributed by atoms with Crippen molar-refractivity contribution in [3.8, 4) is 0 Å². The Balaban J connectivity index is 3.17. The highest BCUT2D eigenvalue weighted by Crippen LogP contribution is 2.02. The van der Waals surface area contributed by atoms with Crippen molar-refractivity contribution in [2.45, 2.75) is 26.3 Å². The molecule has 0 spiro atoms. The van der Waals surface area contributed by atoms with Gasteiger partial charge in [-0.15, -0.1) is 0 Å². The van der Waals surface area contributed by atoms with Crippen molar-refractivity contribution in [3.05, 3.63) is 0 Å². The van der Waals surface area contributed by atoms with Gasteiger partial charge in [0.15, 0.2) is 0 Å². The third-order valence-electron chi connectivity index (χ3n) is 1.52. The van der Waals surface area contributed by atoms with Crippen LogP contribution in [0.2, 0.25) is 0 Å². The van der Waals surface area contributed by atoms with Crippen molar-refractivity contribution >= 4 is 0 Å². The Morgan fingerprint density at radius 2 is 1.88 bits per heavy atom. The maximum Gasteiger partial charge on any atom is 0.00365 e. The summed E-state index contributed by atoms with van der Waals surface area (Å²) in [6, 6.07) is 0.290. The highest BCUT2D eigenvalue weighted by Gasteiger charge is 2.03. The van der Waals surface area contributed by atoms with Crippen LogP contribution in [0.5, 0.6) is 0 Å². The predicted octanol–water partition coefficient (Wildman–Crippen LogP) is 0.319. The molecule has 0 fully saturated rings. The van der Waals surface area contributed by atoms with Crippen LogP contribution >= 0.6 is 0 Å². The standard InChI is InChI=1S/C6H16N2/c1-5(3-4-7)6(2)8/h5-6H,3-4,7-8H2,1-2H3/t5-,6+/m0/s1. The molecule has 0 aromatic rings. The molecule has 0 unspecified atom stereocenters. The van der Waals surface area contributed by atoms with Crippen molar-refractivity contribution in [2.75, 3.05) is 6.54 Å². The molecule has 0 aliphatic rings. The molecule has 0 aliphatic carbocycles. The van der Waals surface area contributed by atoms with Gasteiger partial charge < -0.3 is 11.5 Å². The Kier molecular flexibility index (Phi) is 3.83. The van der Waals surface area contributed by atoms with Gasteiger partial charge in [-0.3, -0.25) is 0 Å². The molecule has 4 N–H and O–H groups in total. The van der Waals surface area contributed by atoms with Gasteiger partial charge in [-0.1, -0.05) is 6.92 Å². The van der Waals surface area contributed by atoms with Crippen LogP contribution < -0.4 is 11.5 Å². The highest BCUT2D eigenvalue weighted by atomic mass is 14.6. The molecule has 0 aromatic heterocycles. The molecule has 0 saturated heterocycles. The van der Waals surface area contributed by atoms with Crippen LogP contribution in [0, 0.1) is 5.92 Å². The van der Waals surface area contributed by atoms with Gasteiger partial charge in [0.25, 0.3) is 0 Å². The zero-order valence-corrected chi connectivity index (χ0v) is 5.72. The van der Waals surface area contributed by atoms with E-state index in [0.717, 1.165) is 13.0 Å². The second kappa shape index (κ2) is 3.87. The molecule has 8 heavy (non-hydrogen) atoms. The molecule has 0 aromatic carbocycles. The molecule has 2 atom stereocenters. The first kappa shape index (κ1) is 7.92. The fourth-order valence-electron chi connectivity index (χ4n) is 0.526. The van der Waals surface area contributed by atoms with Gasteiger partial charge in [-0.05, 0) is 25.8 Å². The minimum Gasteiger partial charge on any atom is -0.330 e. The van der Waals surface area contributed by atoms with E-state index in [0.29, 0.717) is 12.0 Å². The van der Waals surface area contributed by atoms with Crippen molar-refractivity contribution in [1.82, 2.24) is 0 Å². The quantitative estimate of drug-likeness (QED) is 0.558. The smallest absolute Gasteiger partial charge is 0.00365 e. The van der Waals surface area contributed by atoms with Crippen molar-refractivity contribution in [1.29, 1.82) is 0 Å². The molecule has 0 bridgehead atoms. The number of nitrogens with two attached hydrogens (primary N) is 2. The Hall–Kier alpha value is -0.0800. The van der Waals surface area contributed by atoms with E-state index < -0.39 is 0 Å². The topological polar surface area (TPSA) is 52.0 Å². The average Bonchev–Trinajstić information content (AvgIpc) is 1.67. The Labute approximate surface area is 51.2 Å². The molecule has 0 amide bonds. The minimum atomic E-state index is 0.290. The fourth-order valence-corrected chi connectivity index (χ4v) is 0.526. The third kappa shape index (κ3) is 2.99. The van der Waals surface area contributed by atoms with Gasteiger partial charge in [0, 0.05) is 6.04 Å². The van der Waals surface area contributed by atoms with E-state index in [2.05, 4.69) is 6.92 Å². The van der Waals surface area contributed by atoms with Crippen LogP contribution in [0.15, 0.2) is 0 Å². The first-order chi connectivity index (χ1) is 3.68. The lowest BCUT2D eigenvalue weighted by atomic mass is 10.0. The van der Waals surface area contributed by atoms with Crippen molar-refractivity contribution in [3.63, 3.8) is 0 Å². The van der Waals surface area contributed by atoms with E-state index in [1.807, 2.05) is 6.92 Å². The first-order valence-electron chi connectivity index (χ1n) is 3.14. The minimum absolute atomic E-state index is 0.290. The molecule has 0 aliphatic heterocycles. The van der Waals surface area contributed by atoms with Gasteiger partial charge >= 0.3 is 0 Å².